The monoisotopic (exact) mass is 227 g/mol. The summed E-state index contributed by atoms with van der Waals surface area (Å²) in [5.74, 6) is -0.871. The van der Waals surface area contributed by atoms with Gasteiger partial charge in [0.15, 0.2) is 0 Å². The molecular formula is C13H25NO2. The molecule has 94 valence electrons. The number of carboxylic acid groups (broad SMARTS) is 1. The molecule has 3 heteroatoms. The Kier molecular flexibility index (Phi) is 7.90. The van der Waals surface area contributed by atoms with Crippen molar-refractivity contribution in [2.75, 3.05) is 13.1 Å². The number of carboxylic acids is 1. The predicted octanol–water partition coefficient (Wildman–Crippen LogP) is 2.92. The maximum absolute atomic E-state index is 10.6. The average Bonchev–Trinajstić information content (AvgIpc) is 2.24. The third kappa shape index (κ3) is 5.91. The molecule has 0 aromatic carbocycles. The number of hydrogen-bond donors (Lipinski definition) is 1. The highest BCUT2D eigenvalue weighted by Crippen LogP contribution is 2.12. The highest BCUT2D eigenvalue weighted by atomic mass is 16.4. The Hall–Kier alpha value is -0.830. The van der Waals surface area contributed by atoms with Crippen LogP contribution in [0.1, 0.15) is 46.5 Å². The van der Waals surface area contributed by atoms with Crippen LogP contribution < -0.4 is 0 Å². The zero-order valence-corrected chi connectivity index (χ0v) is 10.8. The largest absolute Gasteiger partial charge is 0.478 e. The van der Waals surface area contributed by atoms with Crippen LogP contribution >= 0.6 is 0 Å². The van der Waals surface area contributed by atoms with Crippen molar-refractivity contribution in [3.8, 4) is 0 Å². The van der Waals surface area contributed by atoms with Gasteiger partial charge >= 0.3 is 5.97 Å². The Morgan fingerprint density at radius 1 is 1.31 bits per heavy atom. The van der Waals surface area contributed by atoms with Gasteiger partial charge in [0.05, 0.1) is 0 Å². The lowest BCUT2D eigenvalue weighted by Crippen LogP contribution is -2.34. The van der Waals surface area contributed by atoms with Gasteiger partial charge in [0, 0.05) is 11.6 Å². The molecule has 0 aromatic rings. The van der Waals surface area contributed by atoms with Crippen molar-refractivity contribution in [1.82, 2.24) is 4.90 Å². The summed E-state index contributed by atoms with van der Waals surface area (Å²) in [6.07, 6.45) is 3.75. The van der Waals surface area contributed by atoms with Crippen LogP contribution in [0.3, 0.4) is 0 Å². The normalized spacial score (nSPS) is 12.8. The molecule has 0 saturated heterocycles. The summed E-state index contributed by atoms with van der Waals surface area (Å²) in [6, 6.07) is 0.441. The Morgan fingerprint density at radius 3 is 2.19 bits per heavy atom. The van der Waals surface area contributed by atoms with Crippen molar-refractivity contribution < 1.29 is 9.90 Å². The number of carbonyl (C=O) groups is 1. The van der Waals surface area contributed by atoms with Crippen LogP contribution in [-0.2, 0) is 4.79 Å². The number of rotatable bonds is 9. The number of nitrogens with zero attached hydrogens (tertiary/aromatic N) is 1. The van der Waals surface area contributed by atoms with Gasteiger partial charge in [-0.3, -0.25) is 0 Å². The van der Waals surface area contributed by atoms with E-state index in [1.54, 1.807) is 0 Å². The van der Waals surface area contributed by atoms with Crippen LogP contribution in [0.2, 0.25) is 0 Å². The Bertz CT molecular complexity index is 220. The fraction of sp³-hybridized carbons (Fsp3) is 0.769. The van der Waals surface area contributed by atoms with Crippen molar-refractivity contribution >= 4 is 5.97 Å². The molecule has 0 rings (SSSR count). The van der Waals surface area contributed by atoms with Crippen molar-refractivity contribution in [2.24, 2.45) is 0 Å². The summed E-state index contributed by atoms with van der Waals surface area (Å²) in [7, 11) is 0. The molecular weight excluding hydrogens is 202 g/mol. The molecule has 0 amide bonds. The second kappa shape index (κ2) is 8.34. The Morgan fingerprint density at radius 2 is 1.81 bits per heavy atom. The van der Waals surface area contributed by atoms with Crippen LogP contribution in [-0.4, -0.2) is 35.1 Å². The summed E-state index contributed by atoms with van der Waals surface area (Å²) in [5.41, 5.74) is 0.319. The zero-order valence-electron chi connectivity index (χ0n) is 10.8. The lowest BCUT2D eigenvalue weighted by Gasteiger charge is -2.28. The fourth-order valence-corrected chi connectivity index (χ4v) is 1.80. The van der Waals surface area contributed by atoms with Crippen LogP contribution in [0.4, 0.5) is 0 Å². The lowest BCUT2D eigenvalue weighted by molar-refractivity contribution is -0.132. The molecule has 0 saturated carbocycles. The molecule has 0 bridgehead atoms. The van der Waals surface area contributed by atoms with E-state index < -0.39 is 5.97 Å². The van der Waals surface area contributed by atoms with Gasteiger partial charge < -0.3 is 10.0 Å². The van der Waals surface area contributed by atoms with Crippen molar-refractivity contribution in [1.29, 1.82) is 0 Å². The van der Waals surface area contributed by atoms with Gasteiger partial charge in [0.1, 0.15) is 0 Å². The Balaban J connectivity index is 4.03. The minimum absolute atomic E-state index is 0.319. The van der Waals surface area contributed by atoms with Crippen LogP contribution in [0.15, 0.2) is 12.2 Å². The van der Waals surface area contributed by atoms with E-state index in [0.29, 0.717) is 18.0 Å². The molecule has 0 aromatic heterocycles. The maximum atomic E-state index is 10.6. The van der Waals surface area contributed by atoms with Crippen molar-refractivity contribution in [3.63, 3.8) is 0 Å². The van der Waals surface area contributed by atoms with Crippen LogP contribution in [0.25, 0.3) is 0 Å². The topological polar surface area (TPSA) is 40.5 Å². The van der Waals surface area contributed by atoms with Crippen LogP contribution in [0.5, 0.6) is 0 Å². The third-order valence-corrected chi connectivity index (χ3v) is 2.81. The molecule has 16 heavy (non-hydrogen) atoms. The van der Waals surface area contributed by atoms with E-state index in [1.165, 1.54) is 0 Å². The number of hydrogen-bond acceptors (Lipinski definition) is 2. The molecule has 0 radical (unpaired) electrons. The van der Waals surface area contributed by atoms with Gasteiger partial charge in [-0.1, -0.05) is 20.4 Å². The van der Waals surface area contributed by atoms with E-state index in [4.69, 9.17) is 5.11 Å². The first-order chi connectivity index (χ1) is 7.52. The van der Waals surface area contributed by atoms with Crippen molar-refractivity contribution in [3.05, 3.63) is 12.2 Å². The summed E-state index contributed by atoms with van der Waals surface area (Å²) in [5, 5.41) is 8.73. The van der Waals surface area contributed by atoms with Gasteiger partial charge in [-0.05, 0) is 45.7 Å². The summed E-state index contributed by atoms with van der Waals surface area (Å²) in [4.78, 5) is 13.0. The standard InChI is InChI=1S/C13H25NO2/c1-5-9-14(10-6-2)12(4)8-7-11(3)13(15)16/h12H,3,5-10H2,1-2,4H3,(H,15,16). The first-order valence-electron chi connectivity index (χ1n) is 6.18. The molecule has 0 aliphatic heterocycles. The number of aliphatic carboxylic acids is 1. The maximum Gasteiger partial charge on any atom is 0.330 e. The molecule has 0 heterocycles. The molecule has 3 nitrogen and oxygen atoms in total. The smallest absolute Gasteiger partial charge is 0.330 e. The molecule has 1 N–H and O–H groups in total. The molecule has 0 spiro atoms. The predicted molar refractivity (Wildman–Crippen MR) is 67.6 cm³/mol. The Labute approximate surface area is 99.1 Å². The van der Waals surface area contributed by atoms with E-state index in [-0.39, 0.29) is 0 Å². The zero-order chi connectivity index (χ0) is 12.6. The van der Waals surface area contributed by atoms with E-state index >= 15 is 0 Å². The highest BCUT2D eigenvalue weighted by Gasteiger charge is 2.13. The van der Waals surface area contributed by atoms with E-state index in [1.807, 2.05) is 0 Å². The van der Waals surface area contributed by atoms with Gasteiger partial charge in [0.2, 0.25) is 0 Å². The summed E-state index contributed by atoms with van der Waals surface area (Å²) >= 11 is 0. The molecule has 1 unspecified atom stereocenters. The average molecular weight is 227 g/mol. The molecule has 1 atom stereocenters. The fourth-order valence-electron chi connectivity index (χ4n) is 1.80. The minimum atomic E-state index is -0.871. The molecule has 0 aliphatic rings. The van der Waals surface area contributed by atoms with E-state index in [9.17, 15) is 4.79 Å². The first kappa shape index (κ1) is 15.2. The second-order valence-electron chi connectivity index (χ2n) is 4.33. The van der Waals surface area contributed by atoms with Crippen molar-refractivity contribution in [2.45, 2.75) is 52.5 Å². The minimum Gasteiger partial charge on any atom is -0.478 e. The van der Waals surface area contributed by atoms with Gasteiger partial charge in [0.25, 0.3) is 0 Å². The highest BCUT2D eigenvalue weighted by molar-refractivity contribution is 5.85. The van der Waals surface area contributed by atoms with E-state index in [2.05, 4.69) is 32.3 Å². The summed E-state index contributed by atoms with van der Waals surface area (Å²) < 4.78 is 0. The molecule has 0 aliphatic carbocycles. The van der Waals surface area contributed by atoms with Gasteiger partial charge in [-0.2, -0.15) is 0 Å². The summed E-state index contributed by atoms with van der Waals surface area (Å²) in [6.45, 7) is 12.3. The third-order valence-electron chi connectivity index (χ3n) is 2.81. The quantitative estimate of drug-likeness (QED) is 0.616. The molecule has 0 fully saturated rings. The van der Waals surface area contributed by atoms with E-state index in [0.717, 1.165) is 32.4 Å². The van der Waals surface area contributed by atoms with Gasteiger partial charge in [-0.25, -0.2) is 4.79 Å². The second-order valence-corrected chi connectivity index (χ2v) is 4.33. The lowest BCUT2D eigenvalue weighted by atomic mass is 10.1. The first-order valence-corrected chi connectivity index (χ1v) is 6.18. The SMILES string of the molecule is C=C(CCC(C)N(CCC)CCC)C(=O)O. The van der Waals surface area contributed by atoms with Gasteiger partial charge in [-0.15, -0.1) is 0 Å². The van der Waals surface area contributed by atoms with Crippen LogP contribution in [0, 0.1) is 0 Å².